The number of benzene rings is 2. The van der Waals surface area contributed by atoms with Gasteiger partial charge in [0.2, 0.25) is 0 Å². The molecule has 114 valence electrons. The van der Waals surface area contributed by atoms with Crippen molar-refractivity contribution in [2.24, 2.45) is 4.99 Å². The summed E-state index contributed by atoms with van der Waals surface area (Å²) in [6.45, 7) is 0. The van der Waals surface area contributed by atoms with Crippen LogP contribution in [-0.4, -0.2) is 16.7 Å². The third-order valence-electron chi connectivity index (χ3n) is 3.91. The number of aliphatic imine (C=N–C) groups is 1. The van der Waals surface area contributed by atoms with Crippen molar-refractivity contribution in [3.63, 3.8) is 0 Å². The summed E-state index contributed by atoms with van der Waals surface area (Å²) in [7, 11) is 0. The molecule has 3 rings (SSSR count). The van der Waals surface area contributed by atoms with Gasteiger partial charge in [-0.15, -0.1) is 0 Å². The van der Waals surface area contributed by atoms with E-state index >= 15 is 0 Å². The molecule has 6 heteroatoms. The van der Waals surface area contributed by atoms with E-state index in [1.54, 1.807) is 18.2 Å². The van der Waals surface area contributed by atoms with Crippen molar-refractivity contribution in [3.8, 4) is 6.07 Å². The number of nitrogens with zero attached hydrogens (tertiary/aromatic N) is 3. The lowest BCUT2D eigenvalue weighted by molar-refractivity contribution is -0.384. The average Bonchev–Trinajstić information content (AvgIpc) is 3.00. The summed E-state index contributed by atoms with van der Waals surface area (Å²) in [6, 6.07) is 15.4. The fourth-order valence-corrected chi connectivity index (χ4v) is 2.88. The standard InChI is InChI=1S/C17H12ClN3O2/c18-13-6-4-11(5-7-13)16-9-15(17(10-19)20-16)12-2-1-3-14(8-12)21(22)23/h1-8,15,17H,9H2/t15-,17-/m1/s1. The first kappa shape index (κ1) is 15.2. The van der Waals surface area contributed by atoms with Crippen LogP contribution in [0.3, 0.4) is 0 Å². The maximum atomic E-state index is 10.9. The maximum absolute atomic E-state index is 10.9. The summed E-state index contributed by atoms with van der Waals surface area (Å²) in [5.41, 5.74) is 2.53. The SMILES string of the molecule is N#C[C@H]1N=C(c2ccc(Cl)cc2)C[C@@H]1c1cccc([N+](=O)[O-])c1. The molecule has 0 bridgehead atoms. The first-order chi connectivity index (χ1) is 11.1. The van der Waals surface area contributed by atoms with E-state index < -0.39 is 11.0 Å². The molecule has 0 radical (unpaired) electrons. The zero-order chi connectivity index (χ0) is 16.4. The number of nitro groups is 1. The summed E-state index contributed by atoms with van der Waals surface area (Å²) in [6.07, 6.45) is 0.570. The highest BCUT2D eigenvalue weighted by Gasteiger charge is 2.31. The van der Waals surface area contributed by atoms with Crippen molar-refractivity contribution in [2.45, 2.75) is 18.4 Å². The summed E-state index contributed by atoms with van der Waals surface area (Å²) in [5, 5.41) is 20.9. The molecule has 0 aliphatic carbocycles. The molecule has 0 saturated heterocycles. The second-order valence-electron chi connectivity index (χ2n) is 5.32. The van der Waals surface area contributed by atoms with Gasteiger partial charge in [0, 0.05) is 28.8 Å². The lowest BCUT2D eigenvalue weighted by atomic mass is 9.89. The van der Waals surface area contributed by atoms with Crippen LogP contribution in [0.25, 0.3) is 0 Å². The van der Waals surface area contributed by atoms with Crippen LogP contribution in [0.4, 0.5) is 5.69 Å². The number of nitriles is 1. The molecule has 0 N–H and O–H groups in total. The van der Waals surface area contributed by atoms with Crippen molar-refractivity contribution in [1.29, 1.82) is 5.26 Å². The number of non-ortho nitro benzene ring substituents is 1. The molecule has 0 spiro atoms. The number of nitro benzene ring substituents is 1. The fourth-order valence-electron chi connectivity index (χ4n) is 2.75. The maximum Gasteiger partial charge on any atom is 0.269 e. The normalized spacial score (nSPS) is 19.9. The molecule has 0 aromatic heterocycles. The summed E-state index contributed by atoms with van der Waals surface area (Å²) < 4.78 is 0. The van der Waals surface area contributed by atoms with E-state index in [-0.39, 0.29) is 11.6 Å². The lowest BCUT2D eigenvalue weighted by Crippen LogP contribution is -2.10. The predicted octanol–water partition coefficient (Wildman–Crippen LogP) is 4.12. The monoisotopic (exact) mass is 325 g/mol. The summed E-state index contributed by atoms with van der Waals surface area (Å²) in [5.74, 6) is -0.175. The molecular formula is C17H12ClN3O2. The van der Waals surface area contributed by atoms with Crippen LogP contribution in [-0.2, 0) is 0 Å². The van der Waals surface area contributed by atoms with Gasteiger partial charge in [0.05, 0.1) is 11.0 Å². The van der Waals surface area contributed by atoms with Crippen LogP contribution in [0.2, 0.25) is 5.02 Å². The highest BCUT2D eigenvalue weighted by Crippen LogP contribution is 2.34. The van der Waals surface area contributed by atoms with Crippen LogP contribution in [0.1, 0.15) is 23.5 Å². The van der Waals surface area contributed by atoms with Gasteiger partial charge in [-0.3, -0.25) is 15.1 Å². The third-order valence-corrected chi connectivity index (χ3v) is 4.16. The lowest BCUT2D eigenvalue weighted by Gasteiger charge is -2.12. The average molecular weight is 326 g/mol. The Morgan fingerprint density at radius 1 is 1.26 bits per heavy atom. The molecule has 0 unspecified atom stereocenters. The third kappa shape index (κ3) is 3.08. The highest BCUT2D eigenvalue weighted by atomic mass is 35.5. The van der Waals surface area contributed by atoms with E-state index in [0.717, 1.165) is 16.8 Å². The minimum absolute atomic E-state index is 0.0270. The topological polar surface area (TPSA) is 79.3 Å². The first-order valence-electron chi connectivity index (χ1n) is 7.05. The first-order valence-corrected chi connectivity index (χ1v) is 7.43. The molecule has 0 saturated carbocycles. The van der Waals surface area contributed by atoms with Crippen LogP contribution >= 0.6 is 11.6 Å². The molecule has 0 amide bonds. The Morgan fingerprint density at radius 3 is 2.65 bits per heavy atom. The van der Waals surface area contributed by atoms with Crippen molar-refractivity contribution >= 4 is 23.0 Å². The number of hydrogen-bond donors (Lipinski definition) is 0. The van der Waals surface area contributed by atoms with E-state index in [2.05, 4.69) is 11.1 Å². The minimum atomic E-state index is -0.539. The molecule has 2 atom stereocenters. The molecule has 2 aromatic carbocycles. The van der Waals surface area contributed by atoms with E-state index in [4.69, 9.17) is 11.6 Å². The van der Waals surface area contributed by atoms with Crippen LogP contribution in [0.15, 0.2) is 53.5 Å². The molecule has 1 aliphatic rings. The van der Waals surface area contributed by atoms with Crippen LogP contribution in [0, 0.1) is 21.4 Å². The van der Waals surface area contributed by atoms with Gasteiger partial charge in [-0.1, -0.05) is 35.9 Å². The fraction of sp³-hybridized carbons (Fsp3) is 0.176. The van der Waals surface area contributed by atoms with Crippen LogP contribution < -0.4 is 0 Å². The largest absolute Gasteiger partial charge is 0.270 e. The Bertz CT molecular complexity index is 824. The number of hydrogen-bond acceptors (Lipinski definition) is 4. The Kier molecular flexibility index (Phi) is 4.09. The van der Waals surface area contributed by atoms with Gasteiger partial charge in [0.15, 0.2) is 0 Å². The Hall–Kier alpha value is -2.71. The van der Waals surface area contributed by atoms with E-state index in [1.807, 2.05) is 18.2 Å². The van der Waals surface area contributed by atoms with Gasteiger partial charge in [0.1, 0.15) is 6.04 Å². The summed E-state index contributed by atoms with van der Waals surface area (Å²) in [4.78, 5) is 15.0. The van der Waals surface area contributed by atoms with Gasteiger partial charge in [-0.05, 0) is 29.7 Å². The molecule has 5 nitrogen and oxygen atoms in total. The van der Waals surface area contributed by atoms with E-state index in [1.165, 1.54) is 12.1 Å². The van der Waals surface area contributed by atoms with Crippen molar-refractivity contribution in [1.82, 2.24) is 0 Å². The molecule has 1 heterocycles. The Balaban J connectivity index is 1.91. The zero-order valence-electron chi connectivity index (χ0n) is 12.0. The zero-order valence-corrected chi connectivity index (χ0v) is 12.8. The van der Waals surface area contributed by atoms with Gasteiger partial charge in [-0.25, -0.2) is 0 Å². The molecule has 23 heavy (non-hydrogen) atoms. The number of halogens is 1. The highest BCUT2D eigenvalue weighted by molar-refractivity contribution is 6.30. The number of rotatable bonds is 3. The van der Waals surface area contributed by atoms with Crippen molar-refractivity contribution in [2.75, 3.05) is 0 Å². The van der Waals surface area contributed by atoms with Gasteiger partial charge < -0.3 is 0 Å². The van der Waals surface area contributed by atoms with Gasteiger partial charge in [0.25, 0.3) is 5.69 Å². The van der Waals surface area contributed by atoms with E-state index in [0.29, 0.717) is 11.4 Å². The quantitative estimate of drug-likeness (QED) is 0.629. The Morgan fingerprint density at radius 2 is 2.00 bits per heavy atom. The summed E-state index contributed by atoms with van der Waals surface area (Å²) >= 11 is 5.89. The second kappa shape index (κ2) is 6.19. The minimum Gasteiger partial charge on any atom is -0.270 e. The van der Waals surface area contributed by atoms with Crippen LogP contribution in [0.5, 0.6) is 0 Å². The molecule has 2 aromatic rings. The predicted molar refractivity (Wildman–Crippen MR) is 87.8 cm³/mol. The molecule has 1 aliphatic heterocycles. The molecular weight excluding hydrogens is 314 g/mol. The van der Waals surface area contributed by atoms with Crippen molar-refractivity contribution < 1.29 is 4.92 Å². The van der Waals surface area contributed by atoms with Gasteiger partial charge >= 0.3 is 0 Å². The molecule has 0 fully saturated rings. The van der Waals surface area contributed by atoms with Crippen molar-refractivity contribution in [3.05, 3.63) is 74.8 Å². The van der Waals surface area contributed by atoms with E-state index in [9.17, 15) is 15.4 Å². The second-order valence-corrected chi connectivity index (χ2v) is 5.76. The smallest absolute Gasteiger partial charge is 0.269 e. The Labute approximate surface area is 138 Å². The van der Waals surface area contributed by atoms with Gasteiger partial charge in [-0.2, -0.15) is 5.26 Å².